The first kappa shape index (κ1) is 16.1. The standard InChI is InChI=1S/C17H13BrFNO2S/c18-15-6-8-17(19)14(9-15)11-20-23(21,22)16-7-5-12-3-1-2-4-13(12)10-16/h1-10,20H,11H2. The number of nitrogens with one attached hydrogen (secondary N) is 1. The van der Waals surface area contributed by atoms with Crippen LogP contribution in [0.3, 0.4) is 0 Å². The molecule has 0 saturated carbocycles. The van der Waals surface area contributed by atoms with Crippen LogP contribution < -0.4 is 4.72 Å². The van der Waals surface area contributed by atoms with Crippen LogP contribution in [0.1, 0.15) is 5.56 Å². The molecule has 118 valence electrons. The lowest BCUT2D eigenvalue weighted by Gasteiger charge is -2.09. The molecular weight excluding hydrogens is 381 g/mol. The molecule has 23 heavy (non-hydrogen) atoms. The highest BCUT2D eigenvalue weighted by molar-refractivity contribution is 9.10. The van der Waals surface area contributed by atoms with Gasteiger partial charge in [0, 0.05) is 16.6 Å². The minimum atomic E-state index is -3.71. The van der Waals surface area contributed by atoms with E-state index < -0.39 is 15.8 Å². The fourth-order valence-corrected chi connectivity index (χ4v) is 3.72. The number of sulfonamides is 1. The minimum Gasteiger partial charge on any atom is -0.207 e. The average Bonchev–Trinajstić information content (AvgIpc) is 2.55. The summed E-state index contributed by atoms with van der Waals surface area (Å²) in [7, 11) is -3.71. The third-order valence-electron chi connectivity index (χ3n) is 3.49. The van der Waals surface area contributed by atoms with Gasteiger partial charge in [-0.3, -0.25) is 0 Å². The van der Waals surface area contributed by atoms with E-state index in [1.807, 2.05) is 24.3 Å². The first-order chi connectivity index (χ1) is 11.0. The first-order valence-electron chi connectivity index (χ1n) is 6.88. The minimum absolute atomic E-state index is 0.111. The van der Waals surface area contributed by atoms with Crippen LogP contribution in [0.15, 0.2) is 70.0 Å². The smallest absolute Gasteiger partial charge is 0.207 e. The molecular formula is C17H13BrFNO2S. The molecule has 0 radical (unpaired) electrons. The Balaban J connectivity index is 1.87. The van der Waals surface area contributed by atoms with Crippen LogP contribution in [0.5, 0.6) is 0 Å². The van der Waals surface area contributed by atoms with Gasteiger partial charge < -0.3 is 0 Å². The predicted octanol–water partition coefficient (Wildman–Crippen LogP) is 4.22. The van der Waals surface area contributed by atoms with E-state index in [1.165, 1.54) is 6.07 Å². The van der Waals surface area contributed by atoms with Crippen molar-refractivity contribution in [2.45, 2.75) is 11.4 Å². The normalized spacial score (nSPS) is 11.7. The second-order valence-corrected chi connectivity index (χ2v) is 7.75. The first-order valence-corrected chi connectivity index (χ1v) is 9.16. The highest BCUT2D eigenvalue weighted by atomic mass is 79.9. The van der Waals surface area contributed by atoms with E-state index in [9.17, 15) is 12.8 Å². The van der Waals surface area contributed by atoms with Crippen molar-refractivity contribution in [2.75, 3.05) is 0 Å². The van der Waals surface area contributed by atoms with E-state index in [2.05, 4.69) is 20.7 Å². The van der Waals surface area contributed by atoms with Crippen LogP contribution in [0.4, 0.5) is 4.39 Å². The van der Waals surface area contributed by atoms with Crippen molar-refractivity contribution in [3.05, 3.63) is 76.5 Å². The van der Waals surface area contributed by atoms with Gasteiger partial charge in [0.05, 0.1) is 4.90 Å². The molecule has 0 aliphatic rings. The molecule has 0 aliphatic heterocycles. The number of benzene rings is 3. The summed E-state index contributed by atoms with van der Waals surface area (Å²) in [5.41, 5.74) is 0.281. The Labute approximate surface area is 142 Å². The molecule has 0 amide bonds. The third kappa shape index (κ3) is 3.60. The summed E-state index contributed by atoms with van der Waals surface area (Å²) in [5.74, 6) is -0.450. The molecule has 3 rings (SSSR count). The molecule has 0 aromatic heterocycles. The van der Waals surface area contributed by atoms with Gasteiger partial charge >= 0.3 is 0 Å². The highest BCUT2D eigenvalue weighted by Crippen LogP contribution is 2.20. The third-order valence-corrected chi connectivity index (χ3v) is 5.38. The van der Waals surface area contributed by atoms with E-state index in [0.717, 1.165) is 10.8 Å². The lowest BCUT2D eigenvalue weighted by atomic mass is 10.1. The Morgan fingerprint density at radius 1 is 0.957 bits per heavy atom. The number of hydrogen-bond acceptors (Lipinski definition) is 2. The van der Waals surface area contributed by atoms with Gasteiger partial charge in [-0.05, 0) is 41.1 Å². The SMILES string of the molecule is O=S(=O)(NCc1cc(Br)ccc1F)c1ccc2ccccc2c1. The molecule has 0 bridgehead atoms. The van der Waals surface area contributed by atoms with E-state index in [-0.39, 0.29) is 17.0 Å². The van der Waals surface area contributed by atoms with Crippen molar-refractivity contribution < 1.29 is 12.8 Å². The van der Waals surface area contributed by atoms with Crippen LogP contribution in [-0.4, -0.2) is 8.42 Å². The fourth-order valence-electron chi connectivity index (χ4n) is 2.27. The van der Waals surface area contributed by atoms with Gasteiger partial charge in [-0.2, -0.15) is 0 Å². The Hall–Kier alpha value is -1.76. The van der Waals surface area contributed by atoms with Crippen molar-refractivity contribution in [3.63, 3.8) is 0 Å². The van der Waals surface area contributed by atoms with Gasteiger partial charge in [-0.1, -0.05) is 46.3 Å². The van der Waals surface area contributed by atoms with E-state index >= 15 is 0 Å². The van der Waals surface area contributed by atoms with Gasteiger partial charge in [0.1, 0.15) is 5.82 Å². The topological polar surface area (TPSA) is 46.2 Å². The summed E-state index contributed by atoms with van der Waals surface area (Å²) in [6.07, 6.45) is 0. The largest absolute Gasteiger partial charge is 0.240 e. The molecule has 3 aromatic rings. The molecule has 0 unspecified atom stereocenters. The second kappa shape index (κ2) is 6.39. The van der Waals surface area contributed by atoms with E-state index in [1.54, 1.807) is 30.3 Å². The van der Waals surface area contributed by atoms with Crippen molar-refractivity contribution in [1.29, 1.82) is 0 Å². The Morgan fingerprint density at radius 2 is 1.70 bits per heavy atom. The van der Waals surface area contributed by atoms with Gasteiger partial charge in [0.25, 0.3) is 0 Å². The number of rotatable bonds is 4. The highest BCUT2D eigenvalue weighted by Gasteiger charge is 2.15. The van der Waals surface area contributed by atoms with Gasteiger partial charge in [-0.15, -0.1) is 0 Å². The summed E-state index contributed by atoms with van der Waals surface area (Å²) in [5, 5.41) is 1.80. The average molecular weight is 394 g/mol. The zero-order valence-electron chi connectivity index (χ0n) is 12.0. The summed E-state index contributed by atoms with van der Waals surface area (Å²) in [6.45, 7) is -0.111. The maximum atomic E-state index is 13.7. The Morgan fingerprint density at radius 3 is 2.48 bits per heavy atom. The molecule has 0 aliphatic carbocycles. The van der Waals surface area contributed by atoms with Gasteiger partial charge in [0.2, 0.25) is 10.0 Å². The van der Waals surface area contributed by atoms with E-state index in [4.69, 9.17) is 0 Å². The quantitative estimate of drug-likeness (QED) is 0.720. The molecule has 6 heteroatoms. The van der Waals surface area contributed by atoms with Crippen LogP contribution in [0.2, 0.25) is 0 Å². The van der Waals surface area contributed by atoms with Gasteiger partial charge in [0.15, 0.2) is 0 Å². The number of hydrogen-bond donors (Lipinski definition) is 1. The maximum absolute atomic E-state index is 13.7. The lowest BCUT2D eigenvalue weighted by molar-refractivity contribution is 0.574. The molecule has 0 atom stereocenters. The zero-order chi connectivity index (χ0) is 16.4. The van der Waals surface area contributed by atoms with E-state index in [0.29, 0.717) is 4.47 Å². The van der Waals surface area contributed by atoms with Gasteiger partial charge in [-0.25, -0.2) is 17.5 Å². The molecule has 0 heterocycles. The summed E-state index contributed by atoms with van der Waals surface area (Å²) in [4.78, 5) is 0.159. The molecule has 1 N–H and O–H groups in total. The Bertz CT molecular complexity index is 973. The molecule has 3 nitrogen and oxygen atoms in total. The van der Waals surface area contributed by atoms with Crippen LogP contribution in [0, 0.1) is 5.82 Å². The summed E-state index contributed by atoms with van der Waals surface area (Å²) >= 11 is 3.24. The summed E-state index contributed by atoms with van der Waals surface area (Å²) in [6, 6.07) is 16.8. The van der Waals surface area contributed by atoms with Crippen LogP contribution >= 0.6 is 15.9 Å². The second-order valence-electron chi connectivity index (χ2n) is 5.07. The number of fused-ring (bicyclic) bond motifs is 1. The predicted molar refractivity (Wildman–Crippen MR) is 92.1 cm³/mol. The molecule has 3 aromatic carbocycles. The molecule has 0 saturated heterocycles. The lowest BCUT2D eigenvalue weighted by Crippen LogP contribution is -2.23. The number of halogens is 2. The summed E-state index contributed by atoms with van der Waals surface area (Å²) < 4.78 is 41.6. The van der Waals surface area contributed by atoms with Crippen molar-refractivity contribution >= 4 is 36.7 Å². The molecule has 0 spiro atoms. The Kier molecular flexibility index (Phi) is 4.48. The van der Waals surface area contributed by atoms with Crippen molar-refractivity contribution in [3.8, 4) is 0 Å². The molecule has 0 fully saturated rings. The van der Waals surface area contributed by atoms with Crippen LogP contribution in [-0.2, 0) is 16.6 Å². The monoisotopic (exact) mass is 393 g/mol. The zero-order valence-corrected chi connectivity index (χ0v) is 14.4. The van der Waals surface area contributed by atoms with Crippen molar-refractivity contribution in [1.82, 2.24) is 4.72 Å². The fraction of sp³-hybridized carbons (Fsp3) is 0.0588. The van der Waals surface area contributed by atoms with Crippen molar-refractivity contribution in [2.24, 2.45) is 0 Å². The maximum Gasteiger partial charge on any atom is 0.240 e. The van der Waals surface area contributed by atoms with Crippen LogP contribution in [0.25, 0.3) is 10.8 Å².